The highest BCUT2D eigenvalue weighted by molar-refractivity contribution is 7.98. The Labute approximate surface area is 452 Å². The fraction of sp³-hybridized carbons (Fsp3) is 0.545. The van der Waals surface area contributed by atoms with Gasteiger partial charge in [0.25, 0.3) is 17.7 Å². The third-order valence-corrected chi connectivity index (χ3v) is 14.0. The van der Waals surface area contributed by atoms with Gasteiger partial charge in [-0.2, -0.15) is 0 Å². The predicted octanol–water partition coefficient (Wildman–Crippen LogP) is 4.30. The molecule has 3 rings (SSSR count). The van der Waals surface area contributed by atoms with Crippen LogP contribution in [-0.4, -0.2) is 135 Å². The van der Waals surface area contributed by atoms with Gasteiger partial charge < -0.3 is 47.3 Å². The first-order valence-electron chi connectivity index (χ1n) is 25.3. The summed E-state index contributed by atoms with van der Waals surface area (Å²) in [6, 6.07) is 9.81. The van der Waals surface area contributed by atoms with E-state index in [0.29, 0.717) is 21.7 Å². The van der Waals surface area contributed by atoms with E-state index in [0.717, 1.165) is 28.0 Å². The predicted molar refractivity (Wildman–Crippen MR) is 294 cm³/mol. The second kappa shape index (κ2) is 28.0. The van der Waals surface area contributed by atoms with Crippen molar-refractivity contribution in [1.82, 2.24) is 41.1 Å². The highest BCUT2D eigenvalue weighted by Gasteiger charge is 2.41. The number of hydrogen-bond acceptors (Lipinski definition) is 12. The lowest BCUT2D eigenvalue weighted by Crippen LogP contribution is -2.60. The van der Waals surface area contributed by atoms with Crippen molar-refractivity contribution in [2.45, 2.75) is 131 Å². The molecule has 9 N–H and O–H groups in total. The van der Waals surface area contributed by atoms with Gasteiger partial charge in [-0.05, 0) is 92.3 Å². The molecule has 10 amide bonds. The molecule has 20 nitrogen and oxygen atoms in total. The van der Waals surface area contributed by atoms with E-state index in [-0.39, 0.29) is 81.6 Å². The van der Waals surface area contributed by atoms with Crippen LogP contribution < -0.4 is 42.4 Å². The second-order valence-corrected chi connectivity index (χ2v) is 23.4. The topological polar surface area (TPSA) is 280 Å². The molecule has 3 atom stereocenters. The number of urea groups is 1. The van der Waals surface area contributed by atoms with Gasteiger partial charge in [-0.1, -0.05) is 98.7 Å². The molecule has 0 bridgehead atoms. The average molecular weight is 1080 g/mol. The Kier molecular flexibility index (Phi) is 23.5. The SMILES string of the molecule is CNC(C(=O)NC(C(=O)N(C)C/C=C(\C)C(=O)NSc1ccc(NC(=O)C(CCCNC(N)=O)NC(=O)CNC(=O)CC(C)(C)COCC(C)(C)CN2C(=O)C=CC2=O)c(C)c1C)C(C)(C)C)C(C)(C)c1ccccc1. The molecule has 21 heteroatoms. The zero-order valence-electron chi connectivity index (χ0n) is 46.8. The van der Waals surface area contributed by atoms with Crippen molar-refractivity contribution in [3.05, 3.63) is 83.0 Å². The van der Waals surface area contributed by atoms with Crippen LogP contribution in [0.5, 0.6) is 0 Å². The van der Waals surface area contributed by atoms with Crippen molar-refractivity contribution < 1.29 is 47.9 Å². The van der Waals surface area contributed by atoms with Crippen molar-refractivity contribution in [3.63, 3.8) is 0 Å². The minimum atomic E-state index is -1.06. The standard InChI is InChI=1S/C55H82N10O10S/c1-34(26-28-64(14)50(73)46(52(4,5)6)62-49(72)45(57-13)55(11,12)37-19-16-15-17-20-37)47(70)63-76-40-23-22-38(35(2)36(40)3)61-48(71)39(21-18-27-58-51(56)74)60-42(67)30-59-41(66)29-53(7,8)32-75-33-54(9,10)31-65-43(68)24-25-44(65)69/h15-17,19-20,22-26,39,45-46,57H,18,21,27-33H2,1-14H3,(H,59,66)(H,60,67)(H,61,71)(H,62,72)(H,63,70)(H3,56,58,74)/b34-26+. The maximum Gasteiger partial charge on any atom is 0.312 e. The molecule has 418 valence electrons. The third kappa shape index (κ3) is 19.5. The fourth-order valence-electron chi connectivity index (χ4n) is 8.27. The number of rotatable bonds is 28. The summed E-state index contributed by atoms with van der Waals surface area (Å²) >= 11 is 1.08. The summed E-state index contributed by atoms with van der Waals surface area (Å²) in [6.07, 6.45) is 4.52. The molecule has 0 aromatic heterocycles. The first-order valence-corrected chi connectivity index (χ1v) is 26.2. The Morgan fingerprint density at radius 1 is 0.789 bits per heavy atom. The molecule has 76 heavy (non-hydrogen) atoms. The lowest BCUT2D eigenvalue weighted by Gasteiger charge is -2.38. The molecule has 0 radical (unpaired) electrons. The van der Waals surface area contributed by atoms with E-state index in [1.165, 1.54) is 17.1 Å². The fourth-order valence-corrected chi connectivity index (χ4v) is 9.08. The van der Waals surface area contributed by atoms with Crippen LogP contribution in [0.3, 0.4) is 0 Å². The molecule has 0 aliphatic carbocycles. The summed E-state index contributed by atoms with van der Waals surface area (Å²) in [7, 11) is 3.34. The zero-order chi connectivity index (χ0) is 57.3. The Bertz CT molecular complexity index is 2480. The number of primary amides is 1. The van der Waals surface area contributed by atoms with Gasteiger partial charge in [-0.15, -0.1) is 0 Å². The maximum atomic E-state index is 13.9. The number of amides is 10. The summed E-state index contributed by atoms with van der Waals surface area (Å²) in [4.78, 5) is 120. The summed E-state index contributed by atoms with van der Waals surface area (Å²) in [6.45, 7) is 22.7. The Balaban J connectivity index is 1.58. The summed E-state index contributed by atoms with van der Waals surface area (Å²) < 4.78 is 8.77. The average Bonchev–Trinajstić information content (AvgIpc) is 3.64. The number of likely N-dealkylation sites (N-methyl/N-ethyl adjacent to an activating group) is 2. The van der Waals surface area contributed by atoms with Crippen molar-refractivity contribution in [3.8, 4) is 0 Å². The highest BCUT2D eigenvalue weighted by atomic mass is 32.2. The zero-order valence-corrected chi connectivity index (χ0v) is 47.6. The van der Waals surface area contributed by atoms with Gasteiger partial charge in [-0.25, -0.2) is 4.79 Å². The molecule has 1 aliphatic heterocycles. The molecule has 0 fully saturated rings. The molecule has 0 saturated carbocycles. The molecule has 0 spiro atoms. The number of carbonyl (C=O) groups excluding carboxylic acids is 9. The van der Waals surface area contributed by atoms with Gasteiger partial charge in [0.2, 0.25) is 29.5 Å². The Morgan fingerprint density at radius 3 is 2.00 bits per heavy atom. The number of nitrogens with one attached hydrogen (secondary N) is 7. The monoisotopic (exact) mass is 1070 g/mol. The van der Waals surface area contributed by atoms with Gasteiger partial charge in [0.15, 0.2) is 0 Å². The molecule has 2 aromatic carbocycles. The van der Waals surface area contributed by atoms with E-state index >= 15 is 0 Å². The molecule has 2 aromatic rings. The quantitative estimate of drug-likeness (QED) is 0.0257. The smallest absolute Gasteiger partial charge is 0.312 e. The van der Waals surface area contributed by atoms with Crippen molar-refractivity contribution in [2.24, 2.45) is 22.0 Å². The van der Waals surface area contributed by atoms with Gasteiger partial charge in [0.05, 0.1) is 25.8 Å². The van der Waals surface area contributed by atoms with E-state index in [9.17, 15) is 43.2 Å². The molecule has 1 heterocycles. The normalized spacial score (nSPS) is 14.3. The summed E-state index contributed by atoms with van der Waals surface area (Å²) in [5.41, 5.74) is 6.04. The second-order valence-electron chi connectivity index (χ2n) is 22.5. The van der Waals surface area contributed by atoms with Crippen LogP contribution in [-0.2, 0) is 48.5 Å². The molecule has 1 aliphatic rings. The Hall–Kier alpha value is -6.58. The van der Waals surface area contributed by atoms with Crippen LogP contribution in [0.1, 0.15) is 105 Å². The number of carbonyl (C=O) groups is 9. The van der Waals surface area contributed by atoms with E-state index in [1.54, 1.807) is 46.2 Å². The number of anilines is 1. The number of nitrogens with two attached hydrogens (primary N) is 1. The van der Waals surface area contributed by atoms with Crippen LogP contribution in [0.2, 0.25) is 0 Å². The minimum Gasteiger partial charge on any atom is -0.380 e. The Morgan fingerprint density at radius 2 is 1.41 bits per heavy atom. The first-order chi connectivity index (χ1) is 35.3. The number of ether oxygens (including phenoxy) is 1. The summed E-state index contributed by atoms with van der Waals surface area (Å²) in [5.74, 6) is -3.34. The number of imide groups is 1. The molecular weight excluding hydrogens is 993 g/mol. The van der Waals surface area contributed by atoms with Crippen molar-refractivity contribution in [1.29, 1.82) is 0 Å². The summed E-state index contributed by atoms with van der Waals surface area (Å²) in [5, 5.41) is 16.8. The van der Waals surface area contributed by atoms with Crippen LogP contribution in [0.4, 0.5) is 10.5 Å². The van der Waals surface area contributed by atoms with Gasteiger partial charge >= 0.3 is 6.03 Å². The number of benzene rings is 2. The van der Waals surface area contributed by atoms with Gasteiger partial charge in [0.1, 0.15) is 12.1 Å². The van der Waals surface area contributed by atoms with E-state index in [1.807, 2.05) is 99.6 Å². The molecular formula is C55H82N10O10S. The van der Waals surface area contributed by atoms with Crippen LogP contribution in [0.25, 0.3) is 0 Å². The van der Waals surface area contributed by atoms with Crippen LogP contribution in [0, 0.1) is 30.1 Å². The highest BCUT2D eigenvalue weighted by Crippen LogP contribution is 2.31. The van der Waals surface area contributed by atoms with Crippen LogP contribution in [0.15, 0.2) is 71.2 Å². The minimum absolute atomic E-state index is 0.0119. The largest absolute Gasteiger partial charge is 0.380 e. The molecule has 0 saturated heterocycles. The lowest BCUT2D eigenvalue weighted by atomic mass is 9.76. The van der Waals surface area contributed by atoms with Gasteiger partial charge in [0, 0.05) is 72.2 Å². The number of hydrogen-bond donors (Lipinski definition) is 8. The molecule has 3 unspecified atom stereocenters. The number of nitrogens with zero attached hydrogens (tertiary/aromatic N) is 2. The van der Waals surface area contributed by atoms with E-state index in [2.05, 4.69) is 36.6 Å². The van der Waals surface area contributed by atoms with Crippen LogP contribution >= 0.6 is 11.9 Å². The third-order valence-electron chi connectivity index (χ3n) is 13.0. The van der Waals surface area contributed by atoms with Crippen molar-refractivity contribution >= 4 is 70.9 Å². The lowest BCUT2D eigenvalue weighted by molar-refractivity contribution is -0.139. The van der Waals surface area contributed by atoms with E-state index in [4.69, 9.17) is 10.5 Å². The van der Waals surface area contributed by atoms with Gasteiger partial charge in [-0.3, -0.25) is 48.0 Å². The van der Waals surface area contributed by atoms with E-state index < -0.39 is 70.1 Å². The first kappa shape index (κ1) is 63.7. The van der Waals surface area contributed by atoms with Crippen molar-refractivity contribution in [2.75, 3.05) is 58.8 Å². The maximum absolute atomic E-state index is 13.9.